The molecule has 39 heavy (non-hydrogen) atoms. The second-order valence-electron chi connectivity index (χ2n) is 10.5. The smallest absolute Gasteiger partial charge is 0.407 e. The molecule has 0 aliphatic carbocycles. The molecule has 0 aromatic carbocycles. The first-order valence-corrected chi connectivity index (χ1v) is 14.3. The lowest BCUT2D eigenvalue weighted by Gasteiger charge is -2.31. The first-order valence-electron chi connectivity index (χ1n) is 14.3. The van der Waals surface area contributed by atoms with E-state index in [1.807, 2.05) is 20.8 Å². The fraction of sp³-hybridized carbons (Fsp3) is 0.889. The number of nitrogens with one attached hydrogen (secondary N) is 3. The SMILES string of the molecule is CCCCCNC(=O)OCCCOC(C)(CC)C(=O)OCC(C)(COC(C)CC)C(=O)OCCNC1NC1N. The minimum Gasteiger partial charge on any atom is -0.464 e. The molecule has 5 unspecified atom stereocenters. The molecule has 0 radical (unpaired) electrons. The zero-order chi connectivity index (χ0) is 29.3. The van der Waals surface area contributed by atoms with Crippen LogP contribution in [0, 0.1) is 5.41 Å². The highest BCUT2D eigenvalue weighted by Gasteiger charge is 2.41. The number of ether oxygens (including phenoxy) is 5. The molecule has 1 aliphatic heterocycles. The fourth-order valence-corrected chi connectivity index (χ4v) is 3.29. The number of unbranched alkanes of at least 4 members (excludes halogenated alkanes) is 2. The molecule has 12 heteroatoms. The molecule has 5 atom stereocenters. The number of nitrogens with two attached hydrogens (primary N) is 1. The molecular weight excluding hydrogens is 508 g/mol. The van der Waals surface area contributed by atoms with E-state index in [0.717, 1.165) is 25.7 Å². The van der Waals surface area contributed by atoms with E-state index in [-0.39, 0.29) is 51.5 Å². The van der Waals surface area contributed by atoms with Crippen molar-refractivity contribution in [1.82, 2.24) is 16.0 Å². The van der Waals surface area contributed by atoms with Crippen LogP contribution in [0.25, 0.3) is 0 Å². The van der Waals surface area contributed by atoms with E-state index in [9.17, 15) is 14.4 Å². The zero-order valence-corrected chi connectivity index (χ0v) is 24.8. The maximum absolute atomic E-state index is 13.0. The highest BCUT2D eigenvalue weighted by Crippen LogP contribution is 2.24. The third kappa shape index (κ3) is 13.8. The maximum Gasteiger partial charge on any atom is 0.407 e. The third-order valence-corrected chi connectivity index (χ3v) is 6.70. The Morgan fingerprint density at radius 3 is 2.26 bits per heavy atom. The minimum absolute atomic E-state index is 0.0239. The Bertz CT molecular complexity index is 743. The van der Waals surface area contributed by atoms with E-state index >= 15 is 0 Å². The molecule has 228 valence electrons. The van der Waals surface area contributed by atoms with E-state index in [1.165, 1.54) is 0 Å². The second kappa shape index (κ2) is 18.4. The fourth-order valence-electron chi connectivity index (χ4n) is 3.29. The molecule has 0 spiro atoms. The van der Waals surface area contributed by atoms with Crippen molar-refractivity contribution in [2.75, 3.05) is 46.1 Å². The van der Waals surface area contributed by atoms with Crippen molar-refractivity contribution < 1.29 is 38.1 Å². The summed E-state index contributed by atoms with van der Waals surface area (Å²) in [5.41, 5.74) is 3.26. The second-order valence-corrected chi connectivity index (χ2v) is 10.5. The number of carbonyl (C=O) groups is 3. The number of esters is 2. The summed E-state index contributed by atoms with van der Waals surface area (Å²) < 4.78 is 27.9. The molecule has 1 amide bonds. The summed E-state index contributed by atoms with van der Waals surface area (Å²) in [6.45, 7) is 12.5. The third-order valence-electron chi connectivity index (χ3n) is 6.70. The average Bonchev–Trinajstić information content (AvgIpc) is 3.64. The Hall–Kier alpha value is -1.99. The van der Waals surface area contributed by atoms with Crippen LogP contribution < -0.4 is 21.7 Å². The largest absolute Gasteiger partial charge is 0.464 e. The van der Waals surface area contributed by atoms with Crippen molar-refractivity contribution in [3.8, 4) is 0 Å². The Morgan fingerprint density at radius 2 is 1.64 bits per heavy atom. The summed E-state index contributed by atoms with van der Waals surface area (Å²) in [6.07, 6.45) is 4.01. The molecule has 0 aromatic rings. The Morgan fingerprint density at radius 1 is 0.923 bits per heavy atom. The van der Waals surface area contributed by atoms with Gasteiger partial charge < -0.3 is 34.7 Å². The van der Waals surface area contributed by atoms with Crippen molar-refractivity contribution in [2.24, 2.45) is 11.1 Å². The predicted molar refractivity (Wildman–Crippen MR) is 147 cm³/mol. The summed E-state index contributed by atoms with van der Waals surface area (Å²) in [5.74, 6) is -1.10. The Kier molecular flexibility index (Phi) is 16.5. The van der Waals surface area contributed by atoms with Gasteiger partial charge in [-0.2, -0.15) is 0 Å². The molecule has 0 aromatic heterocycles. The van der Waals surface area contributed by atoms with Gasteiger partial charge in [0.1, 0.15) is 18.6 Å². The molecule has 12 nitrogen and oxygen atoms in total. The molecule has 5 N–H and O–H groups in total. The van der Waals surface area contributed by atoms with Gasteiger partial charge in [0.05, 0.1) is 38.3 Å². The topological polar surface area (TPSA) is 169 Å². The molecule has 0 bridgehead atoms. The summed E-state index contributed by atoms with van der Waals surface area (Å²) in [6, 6.07) is 0. The first-order chi connectivity index (χ1) is 18.5. The predicted octanol–water partition coefficient (Wildman–Crippen LogP) is 2.19. The summed E-state index contributed by atoms with van der Waals surface area (Å²) in [4.78, 5) is 37.7. The van der Waals surface area contributed by atoms with Crippen LogP contribution in [0.4, 0.5) is 4.79 Å². The van der Waals surface area contributed by atoms with E-state index in [1.54, 1.807) is 13.8 Å². The molecule has 1 fully saturated rings. The Labute approximate surface area is 233 Å². The van der Waals surface area contributed by atoms with Gasteiger partial charge in [-0.3, -0.25) is 15.4 Å². The summed E-state index contributed by atoms with van der Waals surface area (Å²) in [7, 11) is 0. The van der Waals surface area contributed by atoms with Crippen LogP contribution in [-0.2, 0) is 33.3 Å². The van der Waals surface area contributed by atoms with E-state index in [2.05, 4.69) is 22.9 Å². The molecule has 1 rings (SSSR count). The lowest BCUT2D eigenvalue weighted by Crippen LogP contribution is -2.45. The highest BCUT2D eigenvalue weighted by atomic mass is 16.6. The first kappa shape index (κ1) is 35.0. The zero-order valence-electron chi connectivity index (χ0n) is 24.8. The van der Waals surface area contributed by atoms with Gasteiger partial charge >= 0.3 is 18.0 Å². The number of hydrogen-bond donors (Lipinski definition) is 4. The van der Waals surface area contributed by atoms with Crippen molar-refractivity contribution in [3.05, 3.63) is 0 Å². The molecule has 1 heterocycles. The van der Waals surface area contributed by atoms with Crippen LogP contribution in [-0.4, -0.2) is 88.2 Å². The van der Waals surface area contributed by atoms with Crippen LogP contribution in [0.3, 0.4) is 0 Å². The number of amides is 1. The normalized spacial score (nSPS) is 20.3. The molecule has 1 aliphatic rings. The van der Waals surface area contributed by atoms with E-state index in [4.69, 9.17) is 29.4 Å². The van der Waals surface area contributed by atoms with Crippen molar-refractivity contribution in [3.63, 3.8) is 0 Å². The molecular formula is C27H52N4O8. The minimum atomic E-state index is -1.22. The van der Waals surface area contributed by atoms with Gasteiger partial charge in [0.2, 0.25) is 0 Å². The van der Waals surface area contributed by atoms with Crippen LogP contribution in [0.1, 0.15) is 80.1 Å². The van der Waals surface area contributed by atoms with Crippen LogP contribution in [0.2, 0.25) is 0 Å². The van der Waals surface area contributed by atoms with Crippen LogP contribution in [0.5, 0.6) is 0 Å². The lowest BCUT2D eigenvalue weighted by molar-refractivity contribution is -0.182. The van der Waals surface area contributed by atoms with Crippen LogP contribution >= 0.6 is 0 Å². The van der Waals surface area contributed by atoms with Gasteiger partial charge in [0, 0.05) is 19.5 Å². The van der Waals surface area contributed by atoms with Gasteiger partial charge in [0.25, 0.3) is 0 Å². The number of carbonyl (C=O) groups excluding carboxylic acids is 3. The highest BCUT2D eigenvalue weighted by molar-refractivity contribution is 5.80. The van der Waals surface area contributed by atoms with E-state index < -0.39 is 29.0 Å². The van der Waals surface area contributed by atoms with Gasteiger partial charge in [-0.05, 0) is 40.0 Å². The summed E-state index contributed by atoms with van der Waals surface area (Å²) in [5, 5.41) is 8.82. The van der Waals surface area contributed by atoms with Crippen molar-refractivity contribution >= 4 is 18.0 Å². The van der Waals surface area contributed by atoms with Crippen molar-refractivity contribution in [2.45, 2.75) is 104 Å². The van der Waals surface area contributed by atoms with E-state index in [0.29, 0.717) is 25.9 Å². The monoisotopic (exact) mass is 560 g/mol. The molecule has 1 saturated heterocycles. The van der Waals surface area contributed by atoms with Gasteiger partial charge in [0.15, 0.2) is 5.60 Å². The van der Waals surface area contributed by atoms with Gasteiger partial charge in [-0.25, -0.2) is 9.59 Å². The lowest BCUT2D eigenvalue weighted by atomic mass is 9.92. The number of alkyl carbamates (subject to hydrolysis) is 1. The Balaban J connectivity index is 2.53. The number of hydrogen-bond acceptors (Lipinski definition) is 11. The maximum atomic E-state index is 13.0. The van der Waals surface area contributed by atoms with Crippen LogP contribution in [0.15, 0.2) is 0 Å². The quantitative estimate of drug-likeness (QED) is 0.0662. The van der Waals surface area contributed by atoms with Gasteiger partial charge in [-0.15, -0.1) is 0 Å². The number of rotatable bonds is 22. The average molecular weight is 561 g/mol. The standard InChI is InChI=1S/C27H52N4O8/c1-7-10-11-13-30-25(34)36-15-12-16-39-27(6,9-3)24(33)38-19-26(5,18-37-20(4)8-2)23(32)35-17-14-29-22-21(28)31-22/h20-22,29,31H,7-19,28H2,1-6H3,(H,30,34). The molecule has 0 saturated carbocycles. The van der Waals surface area contributed by atoms with Crippen molar-refractivity contribution in [1.29, 1.82) is 0 Å². The summed E-state index contributed by atoms with van der Waals surface area (Å²) >= 11 is 0. The van der Waals surface area contributed by atoms with Gasteiger partial charge in [-0.1, -0.05) is 33.6 Å².